The largest absolute Gasteiger partial charge is 0.500 e. The topological polar surface area (TPSA) is 142 Å². The van der Waals surface area contributed by atoms with Crippen molar-refractivity contribution in [1.29, 1.82) is 0 Å². The fraction of sp³-hybridized carbons (Fsp3) is 0.647. The molecule has 0 heterocycles. The maximum Gasteiger partial charge on any atom is 0.309 e. The molecule has 0 aromatic carbocycles. The number of allylic oxidation sites excluding steroid dienone is 4. The van der Waals surface area contributed by atoms with E-state index in [0.717, 1.165) is 11.5 Å². The van der Waals surface area contributed by atoms with Crippen LogP contribution in [0.3, 0.4) is 0 Å². The average Bonchev–Trinajstić information content (AvgIpc) is 3.06. The summed E-state index contributed by atoms with van der Waals surface area (Å²) in [6.07, 6.45) is 7.56. The van der Waals surface area contributed by atoms with Crippen molar-refractivity contribution in [1.82, 2.24) is 0 Å². The summed E-state index contributed by atoms with van der Waals surface area (Å²) in [4.78, 5) is 43.5. The van der Waals surface area contributed by atoms with Crippen LogP contribution in [0.1, 0.15) is 67.2 Å². The molecule has 0 amide bonds. The van der Waals surface area contributed by atoms with Gasteiger partial charge in [0.25, 0.3) is 0 Å². The van der Waals surface area contributed by atoms with Crippen molar-refractivity contribution in [2.24, 2.45) is 0 Å². The van der Waals surface area contributed by atoms with Gasteiger partial charge in [-0.1, -0.05) is 31.9 Å². The van der Waals surface area contributed by atoms with Gasteiger partial charge in [-0.15, -0.1) is 23.2 Å². The Bertz CT molecular complexity index is 975. The van der Waals surface area contributed by atoms with Gasteiger partial charge in [-0.2, -0.15) is 0 Å². The molecule has 0 radical (unpaired) electrons. The molecule has 50 heavy (non-hydrogen) atoms. The summed E-state index contributed by atoms with van der Waals surface area (Å²) in [7, 11) is 8.89. The lowest BCUT2D eigenvalue weighted by Crippen LogP contribution is -2.05. The molecule has 292 valence electrons. The van der Waals surface area contributed by atoms with Crippen LogP contribution in [0.15, 0.2) is 47.3 Å². The van der Waals surface area contributed by atoms with Gasteiger partial charge in [0.2, 0.25) is 0 Å². The average molecular weight is 888 g/mol. The minimum atomic E-state index is -0.304. The molecule has 4 unspecified atom stereocenters. The quantitative estimate of drug-likeness (QED) is 0.0571. The van der Waals surface area contributed by atoms with Crippen LogP contribution in [0.25, 0.3) is 0 Å². The van der Waals surface area contributed by atoms with Gasteiger partial charge in [0.05, 0.1) is 102 Å². The van der Waals surface area contributed by atoms with E-state index in [4.69, 9.17) is 51.6 Å². The number of hydrogen-bond donors (Lipinski definition) is 0. The Hall–Kier alpha value is -2.42. The van der Waals surface area contributed by atoms with E-state index in [1.165, 1.54) is 28.4 Å². The van der Waals surface area contributed by atoms with Crippen molar-refractivity contribution in [2.75, 3.05) is 55.9 Å². The van der Waals surface area contributed by atoms with E-state index >= 15 is 0 Å². The van der Waals surface area contributed by atoms with Crippen molar-refractivity contribution in [3.63, 3.8) is 0 Å². The van der Waals surface area contributed by atoms with Crippen LogP contribution in [0.2, 0.25) is 0 Å². The Labute approximate surface area is 325 Å². The Morgan fingerprint density at radius 3 is 0.900 bits per heavy atom. The zero-order valence-electron chi connectivity index (χ0n) is 31.3. The van der Waals surface area contributed by atoms with Crippen LogP contribution in [0.5, 0.6) is 0 Å². The zero-order chi connectivity index (χ0) is 39.7. The fourth-order valence-corrected chi connectivity index (χ4v) is 4.08. The van der Waals surface area contributed by atoms with Gasteiger partial charge < -0.3 is 37.9 Å². The van der Waals surface area contributed by atoms with E-state index in [9.17, 15) is 19.2 Å². The highest BCUT2D eigenvalue weighted by molar-refractivity contribution is 9.09. The van der Waals surface area contributed by atoms with Crippen molar-refractivity contribution >= 4 is 78.9 Å². The molecule has 4 atom stereocenters. The first-order valence-corrected chi connectivity index (χ1v) is 18.1. The third-order valence-corrected chi connectivity index (χ3v) is 6.79. The van der Waals surface area contributed by atoms with Crippen molar-refractivity contribution in [3.8, 4) is 0 Å². The van der Waals surface area contributed by atoms with Crippen LogP contribution in [-0.4, -0.2) is 100 Å². The summed E-state index contributed by atoms with van der Waals surface area (Å²) in [6, 6.07) is 0. The Balaban J connectivity index is -0.000000282. The highest BCUT2D eigenvalue weighted by atomic mass is 79.9. The molecule has 0 aliphatic rings. The fourth-order valence-electron chi connectivity index (χ4n) is 2.97. The van der Waals surface area contributed by atoms with Crippen LogP contribution in [-0.2, 0) is 57.1 Å². The number of alkyl halides is 4. The van der Waals surface area contributed by atoms with Crippen molar-refractivity contribution in [3.05, 3.63) is 47.3 Å². The molecule has 0 spiro atoms. The Kier molecular flexibility index (Phi) is 39.5. The highest BCUT2D eigenvalue weighted by Gasteiger charge is 2.08. The van der Waals surface area contributed by atoms with Crippen LogP contribution < -0.4 is 0 Å². The third kappa shape index (κ3) is 34.0. The molecule has 0 saturated heterocycles. The molecule has 0 bridgehead atoms. The van der Waals surface area contributed by atoms with E-state index in [-0.39, 0.29) is 70.0 Å². The number of ether oxygens (including phenoxy) is 8. The van der Waals surface area contributed by atoms with Gasteiger partial charge in [0.15, 0.2) is 0 Å². The van der Waals surface area contributed by atoms with Crippen LogP contribution in [0, 0.1) is 0 Å². The molecule has 0 N–H and O–H groups in total. The van der Waals surface area contributed by atoms with Gasteiger partial charge >= 0.3 is 23.9 Å². The smallest absolute Gasteiger partial charge is 0.309 e. The molecule has 0 saturated carbocycles. The minimum absolute atomic E-state index is 0.118. The number of carbonyl (C=O) groups excluding carboxylic acids is 4. The summed E-state index contributed by atoms with van der Waals surface area (Å²) in [5.74, 6) is 1.59. The van der Waals surface area contributed by atoms with Crippen LogP contribution in [0.4, 0.5) is 0 Å². The standard InChI is InChI=1S/C9H15BrO3.C9H15ClO3.C8H13BrO3.C8H13ClO3/c2*1-4-13-9(11)6-5-8(12-3)7(2)10;2*1-6(9)7(11-2)4-5-8(10)12-3/h2*5,7H,4,6H2,1-3H3;2*4,6H,5H2,1-3H3. The van der Waals surface area contributed by atoms with Crippen LogP contribution >= 0.6 is 55.1 Å². The molecule has 16 heteroatoms. The molecule has 0 rings (SSSR count). The second-order valence-corrected chi connectivity index (χ2v) is 13.3. The molecular weight excluding hydrogens is 831 g/mol. The van der Waals surface area contributed by atoms with Gasteiger partial charge in [-0.05, 0) is 65.8 Å². The second kappa shape index (κ2) is 36.4. The first-order valence-electron chi connectivity index (χ1n) is 15.4. The third-order valence-electron chi connectivity index (χ3n) is 5.46. The maximum absolute atomic E-state index is 10.9. The van der Waals surface area contributed by atoms with E-state index < -0.39 is 0 Å². The number of esters is 4. The van der Waals surface area contributed by atoms with Gasteiger partial charge in [0, 0.05) is 0 Å². The lowest BCUT2D eigenvalue weighted by molar-refractivity contribution is -0.143. The normalized spacial score (nSPS) is 13.8. The van der Waals surface area contributed by atoms with Crippen molar-refractivity contribution in [2.45, 2.75) is 87.6 Å². The number of methoxy groups -OCH3 is 6. The van der Waals surface area contributed by atoms with E-state index in [0.29, 0.717) is 24.7 Å². The highest BCUT2D eigenvalue weighted by Crippen LogP contribution is 2.14. The molecule has 12 nitrogen and oxygen atoms in total. The molecule has 0 aliphatic heterocycles. The zero-order valence-corrected chi connectivity index (χ0v) is 36.0. The molecule has 0 fully saturated rings. The minimum Gasteiger partial charge on any atom is -0.500 e. The molecule has 0 aromatic heterocycles. The summed E-state index contributed by atoms with van der Waals surface area (Å²) in [6.45, 7) is 11.8. The van der Waals surface area contributed by atoms with E-state index in [1.54, 1.807) is 66.2 Å². The summed E-state index contributed by atoms with van der Waals surface area (Å²) in [5.41, 5.74) is 0. The summed E-state index contributed by atoms with van der Waals surface area (Å²) in [5, 5.41) is -0.445. The number of rotatable bonds is 18. The van der Waals surface area contributed by atoms with Crippen molar-refractivity contribution < 1.29 is 57.1 Å². The molecule has 0 aliphatic carbocycles. The predicted molar refractivity (Wildman–Crippen MR) is 204 cm³/mol. The van der Waals surface area contributed by atoms with Gasteiger partial charge in [-0.3, -0.25) is 19.2 Å². The summed E-state index contributed by atoms with van der Waals surface area (Å²) >= 11 is 18.2. The second-order valence-electron chi connectivity index (χ2n) is 9.29. The molecule has 0 aromatic rings. The van der Waals surface area contributed by atoms with E-state index in [2.05, 4.69) is 41.3 Å². The van der Waals surface area contributed by atoms with E-state index in [1.807, 2.05) is 13.8 Å². The lowest BCUT2D eigenvalue weighted by atomic mass is 10.3. The first kappa shape index (κ1) is 54.4. The first-order chi connectivity index (χ1) is 23.5. The Morgan fingerprint density at radius 2 is 0.720 bits per heavy atom. The Morgan fingerprint density at radius 1 is 0.480 bits per heavy atom. The summed E-state index contributed by atoms with van der Waals surface area (Å²) < 4.78 is 38.4. The number of halogens is 4. The maximum atomic E-state index is 10.9. The lowest BCUT2D eigenvalue weighted by Gasteiger charge is -2.07. The predicted octanol–water partition coefficient (Wildman–Crippen LogP) is 7.92. The SMILES string of the molecule is CCOC(=O)CC=C(OC)C(C)Br.CCOC(=O)CC=C(OC)C(C)Cl.COC(=O)CC=C(OC)C(C)Br.COC(=O)CC=C(OC)C(C)Cl. The van der Waals surface area contributed by atoms with Gasteiger partial charge in [0.1, 0.15) is 23.0 Å². The molecular formula is C34H56Br2Cl2O12. The number of carbonyl (C=O) groups is 4. The number of hydrogen-bond acceptors (Lipinski definition) is 12. The monoisotopic (exact) mass is 884 g/mol. The van der Waals surface area contributed by atoms with Gasteiger partial charge in [-0.25, -0.2) is 0 Å².